The Morgan fingerprint density at radius 3 is 1.25 bits per heavy atom. The Kier molecular flexibility index (Phi) is 38.2. The standard InChI is InChI=1S/C45H85NO5S/c1-3-5-7-9-11-13-15-17-19-20-21-22-23-24-25-26-27-29-31-33-35-37-39-41-45(48)46-43(42-52(49,50)51)44(47)40-38-36-34-32-30-28-18-16-14-12-10-8-6-4-2/h15,17,20-21,38,40,43-44,47H,3-14,16,18-19,22-37,39,41-42H2,1-2H3,(H,46,48)(H,49,50,51)/b17-15-,21-20-,40-38+. The quantitative estimate of drug-likeness (QED) is 0.0328. The minimum atomic E-state index is -4.34. The molecule has 0 aromatic heterocycles. The number of amides is 1. The van der Waals surface area contributed by atoms with Gasteiger partial charge in [-0.1, -0.05) is 204 Å². The lowest BCUT2D eigenvalue weighted by atomic mass is 10.0. The van der Waals surface area contributed by atoms with Crippen LogP contribution in [0.3, 0.4) is 0 Å². The van der Waals surface area contributed by atoms with Gasteiger partial charge in [0.05, 0.1) is 17.9 Å². The summed E-state index contributed by atoms with van der Waals surface area (Å²) in [5.74, 6) is -0.977. The molecule has 0 aromatic carbocycles. The van der Waals surface area contributed by atoms with E-state index in [1.807, 2.05) is 6.08 Å². The van der Waals surface area contributed by atoms with Crippen LogP contribution in [0.15, 0.2) is 36.5 Å². The van der Waals surface area contributed by atoms with Gasteiger partial charge in [-0.25, -0.2) is 0 Å². The number of rotatable bonds is 40. The van der Waals surface area contributed by atoms with Gasteiger partial charge in [-0.05, 0) is 51.4 Å². The van der Waals surface area contributed by atoms with Crippen molar-refractivity contribution < 1.29 is 22.9 Å². The molecule has 0 aliphatic rings. The molecule has 1 amide bonds. The highest BCUT2D eigenvalue weighted by Crippen LogP contribution is 2.15. The molecule has 0 aromatic rings. The summed E-state index contributed by atoms with van der Waals surface area (Å²) in [6, 6.07) is -1.06. The first-order chi connectivity index (χ1) is 25.3. The van der Waals surface area contributed by atoms with E-state index in [2.05, 4.69) is 43.5 Å². The fraction of sp³-hybridized carbons (Fsp3) is 0.844. The van der Waals surface area contributed by atoms with E-state index in [9.17, 15) is 22.9 Å². The predicted octanol–water partition coefficient (Wildman–Crippen LogP) is 13.3. The highest BCUT2D eigenvalue weighted by Gasteiger charge is 2.24. The number of carbonyl (C=O) groups excluding carboxylic acids is 1. The first kappa shape index (κ1) is 50.6. The second-order valence-corrected chi connectivity index (χ2v) is 16.8. The van der Waals surface area contributed by atoms with Crippen molar-refractivity contribution in [3.05, 3.63) is 36.5 Å². The highest BCUT2D eigenvalue weighted by atomic mass is 32.2. The molecule has 0 spiro atoms. The van der Waals surface area contributed by atoms with E-state index in [0.717, 1.165) is 44.9 Å². The van der Waals surface area contributed by atoms with Crippen molar-refractivity contribution in [1.29, 1.82) is 0 Å². The third kappa shape index (κ3) is 39.8. The predicted molar refractivity (Wildman–Crippen MR) is 225 cm³/mol. The Morgan fingerprint density at radius 2 is 0.865 bits per heavy atom. The number of hydrogen-bond donors (Lipinski definition) is 3. The van der Waals surface area contributed by atoms with Crippen molar-refractivity contribution in [2.75, 3.05) is 5.75 Å². The van der Waals surface area contributed by atoms with Gasteiger partial charge in [0.15, 0.2) is 0 Å². The van der Waals surface area contributed by atoms with Crippen LogP contribution >= 0.6 is 0 Å². The molecular weight excluding hydrogens is 667 g/mol. The fourth-order valence-corrected chi connectivity index (χ4v) is 7.45. The van der Waals surface area contributed by atoms with Crippen LogP contribution in [0.1, 0.15) is 226 Å². The maximum atomic E-state index is 12.5. The zero-order chi connectivity index (χ0) is 38.2. The van der Waals surface area contributed by atoms with Gasteiger partial charge < -0.3 is 10.4 Å². The zero-order valence-corrected chi connectivity index (χ0v) is 35.0. The SMILES string of the molecule is CCCCCCC/C=C\C/C=C\CCCCCCCCCCCCCC(=O)NC(CS(=O)(=O)O)C(O)/C=C/CCCCCCCCCCCCCC. The molecule has 0 fully saturated rings. The number of aliphatic hydroxyl groups is 1. The summed E-state index contributed by atoms with van der Waals surface area (Å²) in [6.45, 7) is 4.52. The van der Waals surface area contributed by atoms with Gasteiger partial charge >= 0.3 is 0 Å². The van der Waals surface area contributed by atoms with Gasteiger partial charge in [0.1, 0.15) is 0 Å². The number of allylic oxidation sites excluding steroid dienone is 5. The molecule has 6 nitrogen and oxygen atoms in total. The van der Waals surface area contributed by atoms with Crippen LogP contribution in [0.5, 0.6) is 0 Å². The van der Waals surface area contributed by atoms with Crippen LogP contribution in [0, 0.1) is 0 Å². The molecule has 0 heterocycles. The lowest BCUT2D eigenvalue weighted by Crippen LogP contribution is -2.46. The molecule has 2 atom stereocenters. The fourth-order valence-electron chi connectivity index (χ4n) is 6.72. The Balaban J connectivity index is 3.84. The van der Waals surface area contributed by atoms with E-state index in [1.165, 1.54) is 161 Å². The average molecular weight is 752 g/mol. The van der Waals surface area contributed by atoms with Crippen LogP contribution < -0.4 is 5.32 Å². The van der Waals surface area contributed by atoms with Gasteiger partial charge in [-0.3, -0.25) is 9.35 Å². The molecule has 306 valence electrons. The topological polar surface area (TPSA) is 104 Å². The second-order valence-electron chi connectivity index (χ2n) is 15.3. The van der Waals surface area contributed by atoms with E-state index in [4.69, 9.17) is 0 Å². The molecule has 0 aliphatic carbocycles. The molecule has 0 rings (SSSR count). The summed E-state index contributed by atoms with van der Waals surface area (Å²) in [7, 11) is -4.34. The number of nitrogens with one attached hydrogen (secondary N) is 1. The third-order valence-corrected chi connectivity index (χ3v) is 10.8. The van der Waals surface area contributed by atoms with Crippen LogP contribution in [-0.4, -0.2) is 41.9 Å². The molecule has 0 aliphatic heterocycles. The summed E-state index contributed by atoms with van der Waals surface area (Å²) in [4.78, 5) is 12.5. The van der Waals surface area contributed by atoms with Crippen LogP contribution in [0.25, 0.3) is 0 Å². The molecule has 0 saturated heterocycles. The highest BCUT2D eigenvalue weighted by molar-refractivity contribution is 7.85. The molecule has 3 N–H and O–H groups in total. The molecule has 7 heteroatoms. The van der Waals surface area contributed by atoms with Crippen molar-refractivity contribution >= 4 is 16.0 Å². The lowest BCUT2D eigenvalue weighted by molar-refractivity contribution is -0.122. The van der Waals surface area contributed by atoms with E-state index in [-0.39, 0.29) is 5.91 Å². The molecular formula is C45H85NO5S. The largest absolute Gasteiger partial charge is 0.387 e. The molecule has 0 saturated carbocycles. The third-order valence-electron chi connectivity index (χ3n) is 10.1. The number of hydrogen-bond acceptors (Lipinski definition) is 4. The monoisotopic (exact) mass is 752 g/mol. The summed E-state index contributed by atoms with van der Waals surface area (Å²) in [6.07, 6.45) is 51.3. The molecule has 0 radical (unpaired) electrons. The Labute approximate surface area is 323 Å². The summed E-state index contributed by atoms with van der Waals surface area (Å²) in [5, 5.41) is 13.2. The van der Waals surface area contributed by atoms with E-state index in [0.29, 0.717) is 6.42 Å². The Bertz CT molecular complexity index is 961. The minimum absolute atomic E-state index is 0.280. The molecule has 2 unspecified atom stereocenters. The van der Waals surface area contributed by atoms with Gasteiger partial charge in [0.2, 0.25) is 5.91 Å². The second kappa shape index (κ2) is 39.3. The summed E-state index contributed by atoms with van der Waals surface area (Å²) >= 11 is 0. The van der Waals surface area contributed by atoms with Gasteiger partial charge in [0.25, 0.3) is 10.1 Å². The first-order valence-electron chi connectivity index (χ1n) is 22.2. The minimum Gasteiger partial charge on any atom is -0.387 e. The maximum Gasteiger partial charge on any atom is 0.267 e. The van der Waals surface area contributed by atoms with Gasteiger partial charge in [-0.15, -0.1) is 0 Å². The van der Waals surface area contributed by atoms with Gasteiger partial charge in [-0.2, -0.15) is 8.42 Å². The summed E-state index contributed by atoms with van der Waals surface area (Å²) < 4.78 is 32.5. The maximum absolute atomic E-state index is 12.5. The number of unbranched alkanes of at least 4 members (excludes halogenated alkanes) is 28. The van der Waals surface area contributed by atoms with Crippen molar-refractivity contribution in [2.45, 2.75) is 238 Å². The molecule has 0 bridgehead atoms. The number of aliphatic hydroxyl groups excluding tert-OH is 1. The van der Waals surface area contributed by atoms with Crippen LogP contribution in [-0.2, 0) is 14.9 Å². The van der Waals surface area contributed by atoms with Crippen molar-refractivity contribution in [2.24, 2.45) is 0 Å². The van der Waals surface area contributed by atoms with Crippen LogP contribution in [0.2, 0.25) is 0 Å². The summed E-state index contributed by atoms with van der Waals surface area (Å²) in [5.41, 5.74) is 0. The average Bonchev–Trinajstić information content (AvgIpc) is 3.11. The lowest BCUT2D eigenvalue weighted by Gasteiger charge is -2.21. The normalized spacial score (nSPS) is 13.5. The number of carbonyl (C=O) groups is 1. The van der Waals surface area contributed by atoms with E-state index in [1.54, 1.807) is 6.08 Å². The van der Waals surface area contributed by atoms with Gasteiger partial charge in [0, 0.05) is 6.42 Å². The smallest absolute Gasteiger partial charge is 0.267 e. The zero-order valence-electron chi connectivity index (χ0n) is 34.2. The van der Waals surface area contributed by atoms with Crippen molar-refractivity contribution in [3.63, 3.8) is 0 Å². The van der Waals surface area contributed by atoms with Crippen molar-refractivity contribution in [3.8, 4) is 0 Å². The molecule has 52 heavy (non-hydrogen) atoms. The van der Waals surface area contributed by atoms with Crippen molar-refractivity contribution in [1.82, 2.24) is 5.32 Å². The Hall–Kier alpha value is -1.44. The first-order valence-corrected chi connectivity index (χ1v) is 23.8. The Morgan fingerprint density at radius 1 is 0.519 bits per heavy atom. The van der Waals surface area contributed by atoms with E-state index < -0.39 is 28.0 Å². The van der Waals surface area contributed by atoms with E-state index >= 15 is 0 Å². The van der Waals surface area contributed by atoms with Crippen LogP contribution in [0.4, 0.5) is 0 Å².